The number of ether oxygens (including phenoxy) is 2. The van der Waals surface area contributed by atoms with E-state index >= 15 is 0 Å². The van der Waals surface area contributed by atoms with E-state index in [2.05, 4.69) is 10.2 Å². The number of hydroxylamine groups is 2. The standard InChI is InChI=1S/C23H46N3O7P/c1-15(2)13-19(22(28)32-17(5)6)24-34(31,12-10-11-21(27)26(9)30)25-20(14-16(3)4)23(29)33-18(7)8/h15-20,30H,10-14H2,1-9H3,(H2,24,25,31)/t19-,20-/m0/s1. The van der Waals surface area contributed by atoms with Crippen molar-refractivity contribution in [3.8, 4) is 0 Å². The van der Waals surface area contributed by atoms with Crippen LogP contribution >= 0.6 is 7.44 Å². The Morgan fingerprint density at radius 1 is 0.824 bits per heavy atom. The van der Waals surface area contributed by atoms with Crippen LogP contribution in [0.4, 0.5) is 0 Å². The summed E-state index contributed by atoms with van der Waals surface area (Å²) in [6.07, 6.45) is 0.174. The number of amides is 1. The van der Waals surface area contributed by atoms with Crippen LogP contribution < -0.4 is 10.2 Å². The molecule has 0 aliphatic rings. The highest BCUT2D eigenvalue weighted by molar-refractivity contribution is 7.59. The Labute approximate surface area is 204 Å². The van der Waals surface area contributed by atoms with Gasteiger partial charge in [-0.05, 0) is 58.8 Å². The number of hydrogen-bond donors (Lipinski definition) is 3. The summed E-state index contributed by atoms with van der Waals surface area (Å²) in [5, 5.41) is 15.7. The summed E-state index contributed by atoms with van der Waals surface area (Å²) in [5.41, 5.74) is 0. The Bertz CT molecular complexity index is 654. The average molecular weight is 508 g/mol. The number of carbonyl (C=O) groups is 3. The summed E-state index contributed by atoms with van der Waals surface area (Å²) in [4.78, 5) is 37.3. The van der Waals surface area contributed by atoms with Crippen LogP contribution in [0.15, 0.2) is 0 Å². The first-order chi connectivity index (χ1) is 15.6. The van der Waals surface area contributed by atoms with Gasteiger partial charge in [-0.3, -0.25) is 24.2 Å². The Hall–Kier alpha value is -1.48. The van der Waals surface area contributed by atoms with E-state index in [1.807, 2.05) is 27.7 Å². The van der Waals surface area contributed by atoms with Gasteiger partial charge in [-0.2, -0.15) is 0 Å². The predicted molar refractivity (Wildman–Crippen MR) is 131 cm³/mol. The SMILES string of the molecule is CC(C)C[C@H](NP(=O)(CCCC(=O)N(C)O)N[C@@H](CC(C)C)C(=O)OC(C)C)C(=O)OC(C)C. The molecule has 200 valence electrons. The molecule has 10 nitrogen and oxygen atoms in total. The van der Waals surface area contributed by atoms with Gasteiger partial charge in [0.1, 0.15) is 12.1 Å². The molecular formula is C23H46N3O7P. The number of rotatable bonds is 16. The van der Waals surface area contributed by atoms with Gasteiger partial charge < -0.3 is 9.47 Å². The lowest BCUT2D eigenvalue weighted by atomic mass is 10.0. The highest BCUT2D eigenvalue weighted by Crippen LogP contribution is 2.40. The molecule has 0 fully saturated rings. The molecule has 1 amide bonds. The van der Waals surface area contributed by atoms with Crippen molar-refractivity contribution in [1.29, 1.82) is 0 Å². The van der Waals surface area contributed by atoms with E-state index in [4.69, 9.17) is 9.47 Å². The van der Waals surface area contributed by atoms with Crippen LogP contribution in [0, 0.1) is 11.8 Å². The summed E-state index contributed by atoms with van der Waals surface area (Å²) in [5.74, 6) is -1.37. The Morgan fingerprint density at radius 2 is 1.21 bits per heavy atom. The molecule has 0 radical (unpaired) electrons. The number of nitrogens with one attached hydrogen (secondary N) is 2. The van der Waals surface area contributed by atoms with Gasteiger partial charge in [-0.15, -0.1) is 0 Å². The minimum atomic E-state index is -3.58. The lowest BCUT2D eigenvalue weighted by molar-refractivity contribution is -0.159. The van der Waals surface area contributed by atoms with E-state index in [-0.39, 0.29) is 43.0 Å². The number of esters is 2. The van der Waals surface area contributed by atoms with Crippen LogP contribution in [0.1, 0.15) is 81.1 Å². The molecule has 0 saturated heterocycles. The monoisotopic (exact) mass is 507 g/mol. The van der Waals surface area contributed by atoms with Crippen molar-refractivity contribution < 1.29 is 33.6 Å². The maximum Gasteiger partial charge on any atom is 0.323 e. The zero-order valence-corrected chi connectivity index (χ0v) is 23.2. The molecule has 0 heterocycles. The van der Waals surface area contributed by atoms with Gasteiger partial charge in [-0.25, -0.2) is 15.2 Å². The topological polar surface area (TPSA) is 134 Å². The molecule has 0 aromatic carbocycles. The third kappa shape index (κ3) is 14.0. The fraction of sp³-hybridized carbons (Fsp3) is 0.870. The van der Waals surface area contributed by atoms with Crippen molar-refractivity contribution in [1.82, 2.24) is 15.2 Å². The molecule has 0 aliphatic heterocycles. The molecule has 34 heavy (non-hydrogen) atoms. The van der Waals surface area contributed by atoms with Gasteiger partial charge in [0.2, 0.25) is 13.4 Å². The van der Waals surface area contributed by atoms with E-state index < -0.39 is 37.4 Å². The molecule has 0 unspecified atom stereocenters. The second-order valence-electron chi connectivity index (χ2n) is 10.1. The first kappa shape index (κ1) is 32.5. The quantitative estimate of drug-likeness (QED) is 0.124. The Morgan fingerprint density at radius 3 is 1.50 bits per heavy atom. The maximum atomic E-state index is 14.1. The van der Waals surface area contributed by atoms with Crippen molar-refractivity contribution in [3.63, 3.8) is 0 Å². The Kier molecular flexibility index (Phi) is 14.8. The summed E-state index contributed by atoms with van der Waals surface area (Å²) < 4.78 is 24.8. The summed E-state index contributed by atoms with van der Waals surface area (Å²) >= 11 is 0. The van der Waals surface area contributed by atoms with Gasteiger partial charge in [0.15, 0.2) is 0 Å². The van der Waals surface area contributed by atoms with Crippen LogP contribution in [0.3, 0.4) is 0 Å². The molecule has 0 saturated carbocycles. The van der Waals surface area contributed by atoms with Gasteiger partial charge in [0.05, 0.1) is 12.2 Å². The second-order valence-corrected chi connectivity index (χ2v) is 12.5. The maximum absolute atomic E-state index is 14.1. The fourth-order valence-electron chi connectivity index (χ4n) is 3.26. The normalized spacial score (nSPS) is 13.9. The van der Waals surface area contributed by atoms with Gasteiger partial charge in [-0.1, -0.05) is 27.7 Å². The molecule has 0 aromatic heterocycles. The Balaban J connectivity index is 5.94. The molecule has 2 atom stereocenters. The summed E-state index contributed by atoms with van der Waals surface area (Å²) in [6.45, 7) is 14.7. The van der Waals surface area contributed by atoms with Crippen molar-refractivity contribution in [2.24, 2.45) is 11.8 Å². The van der Waals surface area contributed by atoms with Crippen molar-refractivity contribution in [2.75, 3.05) is 13.2 Å². The predicted octanol–water partition coefficient (Wildman–Crippen LogP) is 3.72. The average Bonchev–Trinajstić information content (AvgIpc) is 2.64. The highest BCUT2D eigenvalue weighted by Gasteiger charge is 2.36. The fourth-order valence-corrected chi connectivity index (χ4v) is 5.62. The van der Waals surface area contributed by atoms with E-state index in [1.54, 1.807) is 27.7 Å². The largest absolute Gasteiger partial charge is 0.462 e. The van der Waals surface area contributed by atoms with Gasteiger partial charge in [0, 0.05) is 19.6 Å². The third-order valence-corrected chi connectivity index (χ3v) is 7.04. The van der Waals surface area contributed by atoms with E-state index in [0.29, 0.717) is 17.9 Å². The van der Waals surface area contributed by atoms with E-state index in [0.717, 1.165) is 0 Å². The molecule has 3 N–H and O–H groups in total. The third-order valence-electron chi connectivity index (χ3n) is 4.64. The van der Waals surface area contributed by atoms with E-state index in [1.165, 1.54) is 7.05 Å². The van der Waals surface area contributed by atoms with Crippen molar-refractivity contribution in [2.45, 2.75) is 105 Å². The first-order valence-electron chi connectivity index (χ1n) is 12.1. The van der Waals surface area contributed by atoms with Gasteiger partial charge in [0.25, 0.3) is 0 Å². The smallest absolute Gasteiger partial charge is 0.323 e. The number of nitrogens with zero attached hydrogens (tertiary/aromatic N) is 1. The summed E-state index contributed by atoms with van der Waals surface area (Å²) in [6, 6.07) is -1.73. The summed E-state index contributed by atoms with van der Waals surface area (Å²) in [7, 11) is -2.36. The molecule has 0 spiro atoms. The van der Waals surface area contributed by atoms with Crippen LogP contribution in [-0.4, -0.2) is 65.6 Å². The number of hydrogen-bond acceptors (Lipinski definition) is 7. The minimum absolute atomic E-state index is 0.0142. The highest BCUT2D eigenvalue weighted by atomic mass is 31.2. The molecule has 0 aliphatic carbocycles. The molecular weight excluding hydrogens is 461 g/mol. The molecule has 11 heteroatoms. The van der Waals surface area contributed by atoms with Gasteiger partial charge >= 0.3 is 11.9 Å². The molecule has 0 aromatic rings. The molecule has 0 rings (SSSR count). The van der Waals surface area contributed by atoms with Crippen LogP contribution in [-0.2, 0) is 28.4 Å². The minimum Gasteiger partial charge on any atom is -0.462 e. The van der Waals surface area contributed by atoms with Crippen molar-refractivity contribution >= 4 is 25.3 Å². The van der Waals surface area contributed by atoms with Crippen molar-refractivity contribution in [3.05, 3.63) is 0 Å². The van der Waals surface area contributed by atoms with Crippen LogP contribution in [0.25, 0.3) is 0 Å². The van der Waals surface area contributed by atoms with Crippen LogP contribution in [0.2, 0.25) is 0 Å². The first-order valence-corrected chi connectivity index (χ1v) is 14.0. The van der Waals surface area contributed by atoms with E-state index in [9.17, 15) is 24.2 Å². The lowest BCUT2D eigenvalue weighted by Crippen LogP contribution is -2.46. The zero-order valence-electron chi connectivity index (χ0n) is 22.3. The molecule has 0 bridgehead atoms. The zero-order chi connectivity index (χ0) is 26.6. The lowest BCUT2D eigenvalue weighted by Gasteiger charge is -2.31. The second kappa shape index (κ2) is 15.5. The van der Waals surface area contributed by atoms with Crippen LogP contribution in [0.5, 0.6) is 0 Å². The number of carbonyl (C=O) groups excluding carboxylic acids is 3.